The highest BCUT2D eigenvalue weighted by atomic mass is 16.6. The Hall–Kier alpha value is -0.810. The van der Waals surface area contributed by atoms with Crippen molar-refractivity contribution in [2.75, 3.05) is 39.9 Å². The number of hydrogen-bond acceptors (Lipinski definition) is 4. The Balaban J connectivity index is 4.10. The van der Waals surface area contributed by atoms with Gasteiger partial charge in [-0.3, -0.25) is 0 Å². The van der Waals surface area contributed by atoms with Crippen LogP contribution in [-0.4, -0.2) is 56.5 Å². The van der Waals surface area contributed by atoms with Gasteiger partial charge in [0.1, 0.15) is 5.60 Å². The number of amides is 1. The fourth-order valence-corrected chi connectivity index (χ4v) is 1.55. The Bertz CT molecular complexity index is 262. The molecule has 0 aromatic rings. The summed E-state index contributed by atoms with van der Waals surface area (Å²) in [6.07, 6.45) is 0.866. The second-order valence-electron chi connectivity index (χ2n) is 6.39. The highest BCUT2D eigenvalue weighted by Crippen LogP contribution is 2.09. The van der Waals surface area contributed by atoms with Crippen molar-refractivity contribution in [3.05, 3.63) is 0 Å². The zero-order valence-electron chi connectivity index (χ0n) is 14.0. The Morgan fingerprint density at radius 3 is 2.35 bits per heavy atom. The van der Waals surface area contributed by atoms with Crippen LogP contribution >= 0.6 is 0 Å². The normalized spacial score (nSPS) is 11.8. The van der Waals surface area contributed by atoms with Gasteiger partial charge in [0.15, 0.2) is 0 Å². The van der Waals surface area contributed by atoms with E-state index in [4.69, 9.17) is 9.47 Å². The van der Waals surface area contributed by atoms with Gasteiger partial charge < -0.3 is 19.7 Å². The molecule has 0 aromatic carbocycles. The predicted molar refractivity (Wildman–Crippen MR) is 82.0 cm³/mol. The quantitative estimate of drug-likeness (QED) is 0.662. The number of ether oxygens (including phenoxy) is 2. The summed E-state index contributed by atoms with van der Waals surface area (Å²) in [6, 6.07) is 0. The van der Waals surface area contributed by atoms with Crippen molar-refractivity contribution in [3.63, 3.8) is 0 Å². The molecule has 0 aliphatic heterocycles. The average Bonchev–Trinajstić information content (AvgIpc) is 2.29. The number of methoxy groups -OCH3 is 1. The lowest BCUT2D eigenvalue weighted by Crippen LogP contribution is -2.42. The van der Waals surface area contributed by atoms with E-state index in [2.05, 4.69) is 19.2 Å². The van der Waals surface area contributed by atoms with Crippen molar-refractivity contribution in [1.82, 2.24) is 10.2 Å². The van der Waals surface area contributed by atoms with E-state index in [1.165, 1.54) is 0 Å². The van der Waals surface area contributed by atoms with Gasteiger partial charge in [-0.2, -0.15) is 0 Å². The zero-order valence-corrected chi connectivity index (χ0v) is 14.0. The number of rotatable bonds is 9. The van der Waals surface area contributed by atoms with Crippen LogP contribution in [0.15, 0.2) is 0 Å². The van der Waals surface area contributed by atoms with E-state index in [0.717, 1.165) is 19.5 Å². The molecule has 0 spiro atoms. The van der Waals surface area contributed by atoms with E-state index in [9.17, 15) is 4.79 Å². The van der Waals surface area contributed by atoms with Crippen molar-refractivity contribution in [1.29, 1.82) is 0 Å². The maximum Gasteiger partial charge on any atom is 0.410 e. The average molecular weight is 288 g/mol. The van der Waals surface area contributed by atoms with Crippen LogP contribution in [0.3, 0.4) is 0 Å². The van der Waals surface area contributed by atoms with Gasteiger partial charge in [-0.1, -0.05) is 13.8 Å². The first-order valence-corrected chi connectivity index (χ1v) is 7.44. The highest BCUT2D eigenvalue weighted by molar-refractivity contribution is 5.68. The molecule has 0 rings (SSSR count). The first-order valence-electron chi connectivity index (χ1n) is 7.44. The van der Waals surface area contributed by atoms with Gasteiger partial charge >= 0.3 is 6.09 Å². The summed E-state index contributed by atoms with van der Waals surface area (Å²) in [5.41, 5.74) is -0.465. The van der Waals surface area contributed by atoms with Crippen LogP contribution in [-0.2, 0) is 9.47 Å². The van der Waals surface area contributed by atoms with Crippen LogP contribution in [0.2, 0.25) is 0 Å². The fourth-order valence-electron chi connectivity index (χ4n) is 1.55. The monoisotopic (exact) mass is 288 g/mol. The predicted octanol–water partition coefficient (Wildman–Crippen LogP) is 2.51. The minimum absolute atomic E-state index is 0.278. The smallest absolute Gasteiger partial charge is 0.410 e. The molecule has 0 heterocycles. The third kappa shape index (κ3) is 11.1. The summed E-state index contributed by atoms with van der Waals surface area (Å²) < 4.78 is 10.4. The molecule has 0 aliphatic carbocycles. The number of nitrogens with zero attached hydrogens (tertiary/aromatic N) is 1. The molecule has 0 fully saturated rings. The van der Waals surface area contributed by atoms with E-state index < -0.39 is 5.60 Å². The van der Waals surface area contributed by atoms with E-state index in [1.807, 2.05) is 20.8 Å². The molecule has 1 N–H and O–H groups in total. The molecule has 20 heavy (non-hydrogen) atoms. The van der Waals surface area contributed by atoms with Crippen molar-refractivity contribution >= 4 is 6.09 Å². The van der Waals surface area contributed by atoms with Gasteiger partial charge in [0.25, 0.3) is 0 Å². The Kier molecular flexibility index (Phi) is 9.59. The zero-order chi connectivity index (χ0) is 15.6. The second-order valence-corrected chi connectivity index (χ2v) is 6.39. The van der Waals surface area contributed by atoms with Crippen LogP contribution in [0, 0.1) is 5.92 Å². The van der Waals surface area contributed by atoms with E-state index >= 15 is 0 Å². The number of hydrogen-bond donors (Lipinski definition) is 1. The molecule has 0 bridgehead atoms. The van der Waals surface area contributed by atoms with E-state index in [0.29, 0.717) is 25.6 Å². The second kappa shape index (κ2) is 10.00. The standard InChI is InChI=1S/C15H32N2O3/c1-13(2)7-8-16-9-10-17(11-12-19-6)14(18)20-15(3,4)5/h13,16H,7-12H2,1-6H3. The molecule has 5 heteroatoms. The van der Waals surface area contributed by atoms with Crippen LogP contribution in [0.25, 0.3) is 0 Å². The summed E-state index contributed by atoms with van der Waals surface area (Å²) in [6.45, 7) is 13.5. The number of carbonyl (C=O) groups is 1. The van der Waals surface area contributed by atoms with Crippen molar-refractivity contribution in [2.24, 2.45) is 5.92 Å². The highest BCUT2D eigenvalue weighted by Gasteiger charge is 2.21. The Labute approximate surface area is 124 Å². The molecule has 0 saturated heterocycles. The molecule has 0 atom stereocenters. The van der Waals surface area contributed by atoms with Crippen LogP contribution in [0.1, 0.15) is 41.0 Å². The van der Waals surface area contributed by atoms with Gasteiger partial charge in [-0.15, -0.1) is 0 Å². The van der Waals surface area contributed by atoms with Gasteiger partial charge in [0.05, 0.1) is 6.61 Å². The molecular weight excluding hydrogens is 256 g/mol. The summed E-state index contributed by atoms with van der Waals surface area (Å²) in [4.78, 5) is 13.7. The number of nitrogens with one attached hydrogen (secondary N) is 1. The maximum atomic E-state index is 12.1. The van der Waals surface area contributed by atoms with Gasteiger partial charge in [0.2, 0.25) is 0 Å². The summed E-state index contributed by atoms with van der Waals surface area (Å²) in [5.74, 6) is 0.693. The maximum absolute atomic E-state index is 12.1. The molecule has 0 aromatic heterocycles. The first kappa shape index (κ1) is 19.2. The third-order valence-corrected chi connectivity index (χ3v) is 2.67. The van der Waals surface area contributed by atoms with Gasteiger partial charge in [-0.05, 0) is 39.7 Å². The molecule has 0 radical (unpaired) electrons. The molecule has 0 aliphatic rings. The minimum atomic E-state index is -0.465. The lowest BCUT2D eigenvalue weighted by atomic mass is 10.1. The Morgan fingerprint density at radius 1 is 1.20 bits per heavy atom. The minimum Gasteiger partial charge on any atom is -0.444 e. The number of carbonyl (C=O) groups excluding carboxylic acids is 1. The summed E-state index contributed by atoms with van der Waals surface area (Å²) in [5, 5.41) is 3.35. The lowest BCUT2D eigenvalue weighted by Gasteiger charge is -2.27. The molecule has 5 nitrogen and oxygen atoms in total. The largest absolute Gasteiger partial charge is 0.444 e. The van der Waals surface area contributed by atoms with Gasteiger partial charge in [-0.25, -0.2) is 4.79 Å². The van der Waals surface area contributed by atoms with Crippen LogP contribution in [0.5, 0.6) is 0 Å². The third-order valence-electron chi connectivity index (χ3n) is 2.67. The van der Waals surface area contributed by atoms with Gasteiger partial charge in [0, 0.05) is 26.7 Å². The van der Waals surface area contributed by atoms with Crippen molar-refractivity contribution < 1.29 is 14.3 Å². The van der Waals surface area contributed by atoms with Crippen LogP contribution in [0.4, 0.5) is 4.79 Å². The topological polar surface area (TPSA) is 50.8 Å². The van der Waals surface area contributed by atoms with Crippen molar-refractivity contribution in [3.8, 4) is 0 Å². The molecule has 120 valence electrons. The SMILES string of the molecule is COCCN(CCNCCC(C)C)C(=O)OC(C)(C)C. The summed E-state index contributed by atoms with van der Waals surface area (Å²) >= 11 is 0. The Morgan fingerprint density at radius 2 is 1.85 bits per heavy atom. The van der Waals surface area contributed by atoms with Crippen molar-refractivity contribution in [2.45, 2.75) is 46.6 Å². The first-order chi connectivity index (χ1) is 9.26. The van der Waals surface area contributed by atoms with E-state index in [-0.39, 0.29) is 6.09 Å². The van der Waals surface area contributed by atoms with E-state index in [1.54, 1.807) is 12.0 Å². The molecule has 1 amide bonds. The fraction of sp³-hybridized carbons (Fsp3) is 0.933. The summed E-state index contributed by atoms with van der Waals surface area (Å²) in [7, 11) is 1.63. The molecule has 0 saturated carbocycles. The lowest BCUT2D eigenvalue weighted by molar-refractivity contribution is 0.0204. The van der Waals surface area contributed by atoms with Crippen LogP contribution < -0.4 is 5.32 Å². The molecular formula is C15H32N2O3. The molecule has 0 unspecified atom stereocenters.